The average Bonchev–Trinajstić information content (AvgIpc) is 2.28. The molecule has 0 aliphatic carbocycles. The van der Waals surface area contributed by atoms with E-state index in [1.165, 1.54) is 18.3 Å². The fourth-order valence-electron chi connectivity index (χ4n) is 1.27. The van der Waals surface area contributed by atoms with Crippen LogP contribution in [-0.4, -0.2) is 15.2 Å². The summed E-state index contributed by atoms with van der Waals surface area (Å²) >= 11 is 0. The highest BCUT2D eigenvalue weighted by Gasteiger charge is 2.32. The van der Waals surface area contributed by atoms with E-state index in [1.54, 1.807) is 0 Å². The van der Waals surface area contributed by atoms with Crippen molar-refractivity contribution in [2.24, 2.45) is 0 Å². The van der Waals surface area contributed by atoms with E-state index >= 15 is 0 Å². The fourth-order valence-corrected chi connectivity index (χ4v) is 1.27. The van der Waals surface area contributed by atoms with Crippen LogP contribution in [0.2, 0.25) is 0 Å². The van der Waals surface area contributed by atoms with Crippen molar-refractivity contribution in [3.63, 3.8) is 0 Å². The molecular weight excluding hydrogens is 235 g/mol. The Bertz CT molecular complexity index is 592. The maximum absolute atomic E-state index is 12.4. The molecule has 1 N–H and O–H groups in total. The van der Waals surface area contributed by atoms with E-state index in [9.17, 15) is 18.0 Å². The Morgan fingerprint density at radius 2 is 2.00 bits per heavy atom. The Balaban J connectivity index is 2.51. The Hall–Kier alpha value is -2.18. The molecule has 0 fully saturated rings. The quantitative estimate of drug-likeness (QED) is 0.828. The molecule has 4 nitrogen and oxygen atoms in total. The number of aromatic amines is 1. The second-order valence-electron chi connectivity index (χ2n) is 3.24. The average molecular weight is 241 g/mol. The highest BCUT2D eigenvalue weighted by Crippen LogP contribution is 2.28. The van der Waals surface area contributed by atoms with Crippen LogP contribution in [0.1, 0.15) is 5.69 Å². The fraction of sp³-hybridized carbons (Fsp3) is 0.100. The minimum Gasteiger partial charge on any atom is -0.268 e. The third kappa shape index (κ3) is 2.49. The molecule has 0 bridgehead atoms. The van der Waals surface area contributed by atoms with Gasteiger partial charge in [-0.2, -0.15) is 18.3 Å². The summed E-state index contributed by atoms with van der Waals surface area (Å²) < 4.78 is 37.3. The van der Waals surface area contributed by atoms with E-state index in [2.05, 4.69) is 15.2 Å². The Labute approximate surface area is 93.1 Å². The SMILES string of the molecule is O=c1cc(-c2cccc(C(F)(F)F)n2)cn[nH]1. The van der Waals surface area contributed by atoms with Crippen LogP contribution in [0.15, 0.2) is 35.3 Å². The van der Waals surface area contributed by atoms with Gasteiger partial charge in [-0.05, 0) is 12.1 Å². The lowest BCUT2D eigenvalue weighted by molar-refractivity contribution is -0.141. The van der Waals surface area contributed by atoms with Gasteiger partial charge in [-0.15, -0.1) is 0 Å². The molecule has 0 saturated carbocycles. The van der Waals surface area contributed by atoms with Crippen molar-refractivity contribution in [3.05, 3.63) is 46.5 Å². The third-order valence-electron chi connectivity index (χ3n) is 2.00. The summed E-state index contributed by atoms with van der Waals surface area (Å²) in [5, 5.41) is 5.62. The zero-order chi connectivity index (χ0) is 12.5. The molecule has 0 radical (unpaired) electrons. The summed E-state index contributed by atoms with van der Waals surface area (Å²) in [7, 11) is 0. The number of pyridine rings is 1. The van der Waals surface area contributed by atoms with Gasteiger partial charge in [0.2, 0.25) is 0 Å². The first-order valence-corrected chi connectivity index (χ1v) is 4.56. The van der Waals surface area contributed by atoms with Crippen molar-refractivity contribution >= 4 is 0 Å². The van der Waals surface area contributed by atoms with Crippen LogP contribution in [0, 0.1) is 0 Å². The van der Waals surface area contributed by atoms with Gasteiger partial charge in [-0.25, -0.2) is 10.1 Å². The largest absolute Gasteiger partial charge is 0.433 e. The van der Waals surface area contributed by atoms with Crippen molar-refractivity contribution in [1.29, 1.82) is 0 Å². The normalized spacial score (nSPS) is 11.5. The Morgan fingerprint density at radius 1 is 1.24 bits per heavy atom. The van der Waals surface area contributed by atoms with Crippen LogP contribution < -0.4 is 5.56 Å². The molecule has 2 aromatic rings. The number of hydrogen-bond donors (Lipinski definition) is 1. The molecule has 0 saturated heterocycles. The van der Waals surface area contributed by atoms with Crippen LogP contribution >= 0.6 is 0 Å². The summed E-state index contributed by atoms with van der Waals surface area (Å²) in [4.78, 5) is 14.4. The van der Waals surface area contributed by atoms with Crippen LogP contribution in [0.25, 0.3) is 11.3 Å². The lowest BCUT2D eigenvalue weighted by atomic mass is 10.2. The number of nitrogens with zero attached hydrogens (tertiary/aromatic N) is 2. The molecule has 0 atom stereocenters. The molecule has 2 heterocycles. The lowest BCUT2D eigenvalue weighted by Crippen LogP contribution is -2.09. The zero-order valence-electron chi connectivity index (χ0n) is 8.32. The number of hydrogen-bond acceptors (Lipinski definition) is 3. The van der Waals surface area contributed by atoms with Gasteiger partial charge in [-0.1, -0.05) is 6.07 Å². The summed E-state index contributed by atoms with van der Waals surface area (Å²) in [6.07, 6.45) is -3.27. The summed E-state index contributed by atoms with van der Waals surface area (Å²) in [6, 6.07) is 4.61. The summed E-state index contributed by atoms with van der Waals surface area (Å²) in [5.41, 5.74) is -1.21. The predicted molar refractivity (Wildman–Crippen MR) is 53.1 cm³/mol. The molecule has 7 heteroatoms. The van der Waals surface area contributed by atoms with Crippen molar-refractivity contribution < 1.29 is 13.2 Å². The van der Waals surface area contributed by atoms with E-state index < -0.39 is 17.4 Å². The number of aromatic nitrogens is 3. The molecule has 17 heavy (non-hydrogen) atoms. The van der Waals surface area contributed by atoms with Gasteiger partial charge < -0.3 is 0 Å². The van der Waals surface area contributed by atoms with Gasteiger partial charge in [0.05, 0.1) is 11.9 Å². The molecule has 0 amide bonds. The summed E-state index contributed by atoms with van der Waals surface area (Å²) in [5.74, 6) is 0. The van der Waals surface area contributed by atoms with E-state index in [1.807, 2.05) is 0 Å². The first kappa shape index (κ1) is 11.3. The lowest BCUT2D eigenvalue weighted by Gasteiger charge is -2.07. The molecule has 0 aliphatic heterocycles. The number of rotatable bonds is 1. The molecule has 2 rings (SSSR count). The highest BCUT2D eigenvalue weighted by molar-refractivity contribution is 5.57. The van der Waals surface area contributed by atoms with Crippen LogP contribution in [0.4, 0.5) is 13.2 Å². The van der Waals surface area contributed by atoms with E-state index in [-0.39, 0.29) is 11.3 Å². The minimum absolute atomic E-state index is 0.0541. The van der Waals surface area contributed by atoms with Gasteiger partial charge in [0.15, 0.2) is 0 Å². The number of nitrogens with one attached hydrogen (secondary N) is 1. The van der Waals surface area contributed by atoms with Crippen molar-refractivity contribution in [3.8, 4) is 11.3 Å². The minimum atomic E-state index is -4.51. The number of halogens is 3. The van der Waals surface area contributed by atoms with Gasteiger partial charge in [0.1, 0.15) is 5.69 Å². The molecular formula is C10H6F3N3O. The molecule has 0 spiro atoms. The van der Waals surface area contributed by atoms with Crippen molar-refractivity contribution in [1.82, 2.24) is 15.2 Å². The Kier molecular flexibility index (Phi) is 2.66. The highest BCUT2D eigenvalue weighted by atomic mass is 19.4. The van der Waals surface area contributed by atoms with Crippen molar-refractivity contribution in [2.75, 3.05) is 0 Å². The number of alkyl halides is 3. The van der Waals surface area contributed by atoms with E-state index in [4.69, 9.17) is 0 Å². The Morgan fingerprint density at radius 3 is 2.65 bits per heavy atom. The van der Waals surface area contributed by atoms with Gasteiger partial charge in [-0.3, -0.25) is 4.79 Å². The van der Waals surface area contributed by atoms with Gasteiger partial charge in [0, 0.05) is 11.6 Å². The second-order valence-corrected chi connectivity index (χ2v) is 3.24. The van der Waals surface area contributed by atoms with Gasteiger partial charge in [0.25, 0.3) is 5.56 Å². The van der Waals surface area contributed by atoms with Crippen LogP contribution in [0.5, 0.6) is 0 Å². The van der Waals surface area contributed by atoms with Crippen LogP contribution in [-0.2, 0) is 6.18 Å². The smallest absolute Gasteiger partial charge is 0.268 e. The first-order valence-electron chi connectivity index (χ1n) is 4.56. The third-order valence-corrected chi connectivity index (χ3v) is 2.00. The van der Waals surface area contributed by atoms with Gasteiger partial charge >= 0.3 is 6.18 Å². The molecule has 0 aromatic carbocycles. The molecule has 0 unspecified atom stereocenters. The standard InChI is InChI=1S/C10H6F3N3O/c11-10(12,13)8-3-1-2-7(15-8)6-4-9(17)16-14-5-6/h1-5H,(H,16,17). The summed E-state index contributed by atoms with van der Waals surface area (Å²) in [6.45, 7) is 0. The van der Waals surface area contributed by atoms with Crippen molar-refractivity contribution in [2.45, 2.75) is 6.18 Å². The first-order chi connectivity index (χ1) is 7.97. The maximum Gasteiger partial charge on any atom is 0.433 e. The molecule has 88 valence electrons. The zero-order valence-corrected chi connectivity index (χ0v) is 8.32. The topological polar surface area (TPSA) is 58.6 Å². The van der Waals surface area contributed by atoms with Crippen LogP contribution in [0.3, 0.4) is 0 Å². The number of H-pyrrole nitrogens is 1. The monoisotopic (exact) mass is 241 g/mol. The second kappa shape index (κ2) is 4.00. The molecule has 0 aliphatic rings. The predicted octanol–water partition coefficient (Wildman–Crippen LogP) is 1.85. The van der Waals surface area contributed by atoms with E-state index in [0.29, 0.717) is 0 Å². The van der Waals surface area contributed by atoms with E-state index in [0.717, 1.165) is 12.1 Å². The maximum atomic E-state index is 12.4. The molecule has 2 aromatic heterocycles.